The van der Waals surface area contributed by atoms with Crippen molar-refractivity contribution in [3.63, 3.8) is 0 Å². The van der Waals surface area contributed by atoms with Gasteiger partial charge in [-0.25, -0.2) is 4.79 Å². The Morgan fingerprint density at radius 3 is 2.62 bits per heavy atom. The molecule has 0 spiro atoms. The number of anilines is 1. The van der Waals surface area contributed by atoms with Crippen LogP contribution in [0.1, 0.15) is 77.9 Å². The predicted molar refractivity (Wildman–Crippen MR) is 131 cm³/mol. The standard InChI is InChI=1S/C22H31N5O5S2/c1-11(2)19-25-26-22(27(19)9-14-7-6-8-31-14)33-10-15(28)24-20-16(21(30)32-12(3)4)13(5)17(34-20)18(23)29/h11-12,14H,6-10H2,1-5H3,(H2,23,29)(H,24,28). The number of carbonyl (C=O) groups is 3. The Labute approximate surface area is 207 Å². The summed E-state index contributed by atoms with van der Waals surface area (Å²) in [4.78, 5) is 37.4. The van der Waals surface area contributed by atoms with E-state index in [-0.39, 0.29) is 45.2 Å². The van der Waals surface area contributed by atoms with Crippen molar-refractivity contribution in [1.29, 1.82) is 0 Å². The molecule has 3 heterocycles. The lowest BCUT2D eigenvalue weighted by atomic mass is 10.1. The third-order valence-corrected chi connectivity index (χ3v) is 7.36. The topological polar surface area (TPSA) is 138 Å². The first kappa shape index (κ1) is 26.2. The third-order valence-electron chi connectivity index (χ3n) is 5.17. The normalized spacial score (nSPS) is 15.8. The first-order valence-electron chi connectivity index (χ1n) is 11.2. The highest BCUT2D eigenvalue weighted by atomic mass is 32.2. The van der Waals surface area contributed by atoms with Gasteiger partial charge in [0.2, 0.25) is 5.91 Å². The highest BCUT2D eigenvalue weighted by Gasteiger charge is 2.27. The molecule has 10 nitrogen and oxygen atoms in total. The van der Waals surface area contributed by atoms with Crippen LogP contribution in [0.4, 0.5) is 5.00 Å². The van der Waals surface area contributed by atoms with Gasteiger partial charge in [-0.3, -0.25) is 9.59 Å². The summed E-state index contributed by atoms with van der Waals surface area (Å²) in [5, 5.41) is 12.2. The Hall–Kier alpha value is -2.44. The quantitative estimate of drug-likeness (QED) is 0.367. The Bertz CT molecular complexity index is 1060. The number of esters is 1. The van der Waals surface area contributed by atoms with E-state index in [4.69, 9.17) is 15.2 Å². The van der Waals surface area contributed by atoms with Crippen LogP contribution in [-0.4, -0.2) is 57.1 Å². The summed E-state index contributed by atoms with van der Waals surface area (Å²) >= 11 is 2.22. The molecule has 2 amide bonds. The maximum atomic E-state index is 12.8. The van der Waals surface area contributed by atoms with Crippen LogP contribution in [0.25, 0.3) is 0 Å². The number of hydrogen-bond donors (Lipinski definition) is 2. The largest absolute Gasteiger partial charge is 0.459 e. The minimum atomic E-state index is -0.667. The lowest BCUT2D eigenvalue weighted by molar-refractivity contribution is -0.113. The monoisotopic (exact) mass is 509 g/mol. The molecule has 1 saturated heterocycles. The second-order valence-electron chi connectivity index (χ2n) is 8.66. The molecule has 0 radical (unpaired) electrons. The number of rotatable bonds is 10. The molecule has 3 N–H and O–H groups in total. The number of aromatic nitrogens is 3. The van der Waals surface area contributed by atoms with E-state index in [1.807, 2.05) is 18.4 Å². The van der Waals surface area contributed by atoms with Crippen LogP contribution in [0.15, 0.2) is 5.16 Å². The molecule has 2 aromatic heterocycles. The van der Waals surface area contributed by atoms with Gasteiger partial charge in [0.25, 0.3) is 5.91 Å². The van der Waals surface area contributed by atoms with Gasteiger partial charge in [-0.15, -0.1) is 21.5 Å². The van der Waals surface area contributed by atoms with Crippen LogP contribution in [0.5, 0.6) is 0 Å². The molecule has 12 heteroatoms. The lowest BCUT2D eigenvalue weighted by Gasteiger charge is -2.16. The van der Waals surface area contributed by atoms with Gasteiger partial charge < -0.3 is 25.1 Å². The van der Waals surface area contributed by atoms with E-state index in [0.29, 0.717) is 17.3 Å². The van der Waals surface area contributed by atoms with Crippen molar-refractivity contribution in [2.24, 2.45) is 5.73 Å². The molecule has 1 unspecified atom stereocenters. The van der Waals surface area contributed by atoms with E-state index in [1.165, 1.54) is 11.8 Å². The Morgan fingerprint density at radius 2 is 2.03 bits per heavy atom. The number of nitrogens with one attached hydrogen (secondary N) is 1. The van der Waals surface area contributed by atoms with Gasteiger partial charge in [-0.1, -0.05) is 25.6 Å². The van der Waals surface area contributed by atoms with Gasteiger partial charge >= 0.3 is 5.97 Å². The number of nitrogens with zero attached hydrogens (tertiary/aromatic N) is 3. The molecule has 1 aliphatic heterocycles. The predicted octanol–water partition coefficient (Wildman–Crippen LogP) is 3.35. The van der Waals surface area contributed by atoms with E-state index in [1.54, 1.807) is 20.8 Å². The SMILES string of the molecule is Cc1c(C(N)=O)sc(NC(=O)CSc2nnc(C(C)C)n2CC2CCCO2)c1C(=O)OC(C)C. The molecule has 1 atom stereocenters. The van der Waals surface area contributed by atoms with E-state index in [9.17, 15) is 14.4 Å². The number of amides is 2. The summed E-state index contributed by atoms with van der Waals surface area (Å²) in [6, 6.07) is 0. The number of thiophene rings is 1. The maximum Gasteiger partial charge on any atom is 0.341 e. The molecule has 1 aliphatic rings. The van der Waals surface area contributed by atoms with Crippen LogP contribution in [0.2, 0.25) is 0 Å². The van der Waals surface area contributed by atoms with Gasteiger partial charge in [-0.2, -0.15) is 0 Å². The number of thioether (sulfide) groups is 1. The molecule has 0 aromatic carbocycles. The van der Waals surface area contributed by atoms with E-state index >= 15 is 0 Å². The molecule has 0 aliphatic carbocycles. The first-order chi connectivity index (χ1) is 16.1. The first-order valence-corrected chi connectivity index (χ1v) is 13.0. The number of carbonyl (C=O) groups excluding carboxylic acids is 3. The van der Waals surface area contributed by atoms with E-state index in [2.05, 4.69) is 15.5 Å². The van der Waals surface area contributed by atoms with Crippen molar-refractivity contribution in [3.8, 4) is 0 Å². The lowest BCUT2D eigenvalue weighted by Crippen LogP contribution is -2.20. The summed E-state index contributed by atoms with van der Waals surface area (Å²) < 4.78 is 13.1. The molecule has 3 rings (SSSR count). The summed E-state index contributed by atoms with van der Waals surface area (Å²) in [6.07, 6.45) is 1.77. The molecular weight excluding hydrogens is 478 g/mol. The fraction of sp³-hybridized carbons (Fsp3) is 0.591. The molecule has 0 saturated carbocycles. The Balaban J connectivity index is 1.75. The van der Waals surface area contributed by atoms with Crippen molar-refractivity contribution >= 4 is 45.9 Å². The Kier molecular flexibility index (Phi) is 8.72. The molecule has 1 fully saturated rings. The maximum absolute atomic E-state index is 12.8. The smallest absolute Gasteiger partial charge is 0.341 e. The number of hydrogen-bond acceptors (Lipinski definition) is 9. The Morgan fingerprint density at radius 1 is 1.29 bits per heavy atom. The van der Waals surface area contributed by atoms with E-state index in [0.717, 1.165) is 36.6 Å². The zero-order valence-electron chi connectivity index (χ0n) is 20.0. The second-order valence-corrected chi connectivity index (χ2v) is 10.6. The van der Waals surface area contributed by atoms with Crippen LogP contribution in [-0.2, 0) is 20.8 Å². The molecule has 186 valence electrons. The van der Waals surface area contributed by atoms with Crippen LogP contribution >= 0.6 is 23.1 Å². The van der Waals surface area contributed by atoms with Gasteiger partial charge in [0.15, 0.2) is 5.16 Å². The van der Waals surface area contributed by atoms with Gasteiger partial charge in [0.1, 0.15) is 10.8 Å². The zero-order chi connectivity index (χ0) is 25.0. The third kappa shape index (κ3) is 6.16. The average molecular weight is 510 g/mol. The van der Waals surface area contributed by atoms with Crippen molar-refractivity contribution in [2.45, 2.75) is 77.3 Å². The molecular formula is C22H31N5O5S2. The summed E-state index contributed by atoms with van der Waals surface area (Å²) in [5.74, 6) is -0.566. The van der Waals surface area contributed by atoms with Crippen molar-refractivity contribution in [2.75, 3.05) is 17.7 Å². The molecule has 34 heavy (non-hydrogen) atoms. The van der Waals surface area contributed by atoms with Gasteiger partial charge in [0, 0.05) is 12.5 Å². The second kappa shape index (κ2) is 11.3. The number of ether oxygens (including phenoxy) is 2. The summed E-state index contributed by atoms with van der Waals surface area (Å²) in [6.45, 7) is 10.5. The highest BCUT2D eigenvalue weighted by Crippen LogP contribution is 2.34. The van der Waals surface area contributed by atoms with Crippen LogP contribution < -0.4 is 11.1 Å². The fourth-order valence-electron chi connectivity index (χ4n) is 3.65. The van der Waals surface area contributed by atoms with Crippen molar-refractivity contribution < 1.29 is 23.9 Å². The highest BCUT2D eigenvalue weighted by molar-refractivity contribution is 7.99. The van der Waals surface area contributed by atoms with Crippen LogP contribution in [0.3, 0.4) is 0 Å². The summed E-state index contributed by atoms with van der Waals surface area (Å²) in [5.41, 5.74) is 5.99. The molecule has 2 aromatic rings. The van der Waals surface area contributed by atoms with Crippen molar-refractivity contribution in [1.82, 2.24) is 14.8 Å². The minimum Gasteiger partial charge on any atom is -0.459 e. The minimum absolute atomic E-state index is 0.0449. The molecule has 0 bridgehead atoms. The van der Waals surface area contributed by atoms with E-state index < -0.39 is 11.9 Å². The van der Waals surface area contributed by atoms with Gasteiger partial charge in [-0.05, 0) is 39.2 Å². The van der Waals surface area contributed by atoms with Crippen LogP contribution in [0, 0.1) is 6.92 Å². The van der Waals surface area contributed by atoms with Crippen molar-refractivity contribution in [3.05, 3.63) is 21.8 Å². The number of primary amides is 1. The fourth-order valence-corrected chi connectivity index (χ4v) is 5.46. The van der Waals surface area contributed by atoms with Gasteiger partial charge in [0.05, 0.1) is 34.9 Å². The number of nitrogens with two attached hydrogens (primary N) is 1. The zero-order valence-corrected chi connectivity index (χ0v) is 21.7. The summed E-state index contributed by atoms with van der Waals surface area (Å²) in [7, 11) is 0. The average Bonchev–Trinajstić information content (AvgIpc) is 3.46.